The Morgan fingerprint density at radius 1 is 1.53 bits per heavy atom. The first-order valence-corrected chi connectivity index (χ1v) is 5.78. The summed E-state index contributed by atoms with van der Waals surface area (Å²) in [6.45, 7) is 5.57. The molecular weight excluding hydrogens is 218 g/mol. The van der Waals surface area contributed by atoms with Crippen molar-refractivity contribution in [3.63, 3.8) is 0 Å². The quantitative estimate of drug-likeness (QED) is 0.746. The SMILES string of the molecule is C=CCNC(=O)OCC1(C(C)=O)CC=CCC1. The fraction of sp³-hybridized carbons (Fsp3) is 0.538. The van der Waals surface area contributed by atoms with E-state index in [0.717, 1.165) is 12.8 Å². The number of hydrogen-bond acceptors (Lipinski definition) is 3. The van der Waals surface area contributed by atoms with E-state index in [1.807, 2.05) is 6.08 Å². The molecule has 4 heteroatoms. The van der Waals surface area contributed by atoms with Gasteiger partial charge in [-0.3, -0.25) is 4.79 Å². The third-order valence-corrected chi connectivity index (χ3v) is 3.08. The lowest BCUT2D eigenvalue weighted by Crippen LogP contribution is -2.38. The van der Waals surface area contributed by atoms with Crippen LogP contribution in [0.4, 0.5) is 4.79 Å². The van der Waals surface area contributed by atoms with Crippen LogP contribution < -0.4 is 5.32 Å². The minimum atomic E-state index is -0.528. The molecule has 0 spiro atoms. The molecular formula is C13H19NO3. The van der Waals surface area contributed by atoms with Gasteiger partial charge in [-0.2, -0.15) is 0 Å². The van der Waals surface area contributed by atoms with Gasteiger partial charge in [0.25, 0.3) is 0 Å². The standard InChI is InChI=1S/C13H19NO3/c1-3-9-14-12(16)17-10-13(11(2)15)7-5-4-6-8-13/h3-5H,1,6-10H2,2H3,(H,14,16). The summed E-state index contributed by atoms with van der Waals surface area (Å²) in [4.78, 5) is 23.0. The number of alkyl carbamates (subject to hydrolysis) is 1. The predicted octanol–water partition coefficient (Wildman–Crippen LogP) is 2.21. The number of ketones is 1. The van der Waals surface area contributed by atoms with Gasteiger partial charge in [0.1, 0.15) is 12.4 Å². The molecule has 4 nitrogen and oxygen atoms in total. The molecule has 0 radical (unpaired) electrons. The lowest BCUT2D eigenvalue weighted by Gasteiger charge is -2.31. The average Bonchev–Trinajstić information content (AvgIpc) is 2.34. The highest BCUT2D eigenvalue weighted by Crippen LogP contribution is 2.34. The van der Waals surface area contributed by atoms with E-state index >= 15 is 0 Å². The number of nitrogens with one attached hydrogen (secondary N) is 1. The van der Waals surface area contributed by atoms with Crippen LogP contribution in [0, 0.1) is 5.41 Å². The third kappa shape index (κ3) is 3.73. The first-order valence-electron chi connectivity index (χ1n) is 5.78. The molecule has 17 heavy (non-hydrogen) atoms. The van der Waals surface area contributed by atoms with Crippen LogP contribution >= 0.6 is 0 Å². The van der Waals surface area contributed by atoms with Gasteiger partial charge in [0.2, 0.25) is 0 Å². The van der Waals surface area contributed by atoms with Gasteiger partial charge < -0.3 is 10.1 Å². The Balaban J connectivity index is 2.51. The number of allylic oxidation sites excluding steroid dienone is 2. The number of rotatable bonds is 5. The van der Waals surface area contributed by atoms with E-state index in [4.69, 9.17) is 4.74 Å². The van der Waals surface area contributed by atoms with Crippen molar-refractivity contribution in [2.24, 2.45) is 5.41 Å². The summed E-state index contributed by atoms with van der Waals surface area (Å²) in [5.41, 5.74) is -0.528. The Kier molecular flexibility index (Phi) is 4.94. The maximum atomic E-state index is 11.7. The first kappa shape index (κ1) is 13.5. The lowest BCUT2D eigenvalue weighted by atomic mass is 9.75. The zero-order chi connectivity index (χ0) is 12.7. The van der Waals surface area contributed by atoms with Gasteiger partial charge in [-0.15, -0.1) is 6.58 Å². The van der Waals surface area contributed by atoms with Crippen molar-refractivity contribution in [3.8, 4) is 0 Å². The van der Waals surface area contributed by atoms with Gasteiger partial charge in [0.15, 0.2) is 0 Å². The Morgan fingerprint density at radius 2 is 2.29 bits per heavy atom. The van der Waals surface area contributed by atoms with Crippen LogP contribution in [0.2, 0.25) is 0 Å². The number of hydrogen-bond donors (Lipinski definition) is 1. The van der Waals surface area contributed by atoms with Crippen molar-refractivity contribution in [3.05, 3.63) is 24.8 Å². The zero-order valence-electron chi connectivity index (χ0n) is 10.2. The number of carbonyl (C=O) groups excluding carboxylic acids is 2. The largest absolute Gasteiger partial charge is 0.448 e. The molecule has 0 aromatic carbocycles. The lowest BCUT2D eigenvalue weighted by molar-refractivity contribution is -0.129. The fourth-order valence-corrected chi connectivity index (χ4v) is 1.85. The summed E-state index contributed by atoms with van der Waals surface area (Å²) < 4.78 is 5.10. The van der Waals surface area contributed by atoms with Crippen LogP contribution in [0.15, 0.2) is 24.8 Å². The average molecular weight is 237 g/mol. The maximum Gasteiger partial charge on any atom is 0.407 e. The topological polar surface area (TPSA) is 55.4 Å². The van der Waals surface area contributed by atoms with E-state index in [1.165, 1.54) is 0 Å². The summed E-state index contributed by atoms with van der Waals surface area (Å²) >= 11 is 0. The van der Waals surface area contributed by atoms with Crippen LogP contribution in [0.25, 0.3) is 0 Å². The van der Waals surface area contributed by atoms with Crippen molar-refractivity contribution in [2.45, 2.75) is 26.2 Å². The number of carbonyl (C=O) groups is 2. The van der Waals surface area contributed by atoms with Crippen molar-refractivity contribution in [1.82, 2.24) is 5.32 Å². The smallest absolute Gasteiger partial charge is 0.407 e. The van der Waals surface area contributed by atoms with E-state index < -0.39 is 11.5 Å². The summed E-state index contributed by atoms with van der Waals surface area (Å²) in [6, 6.07) is 0. The van der Waals surface area contributed by atoms with E-state index in [9.17, 15) is 9.59 Å². The minimum absolute atomic E-state index is 0.0818. The number of amides is 1. The molecule has 0 saturated heterocycles. The van der Waals surface area contributed by atoms with E-state index in [2.05, 4.69) is 18.0 Å². The van der Waals surface area contributed by atoms with Crippen molar-refractivity contribution in [2.75, 3.05) is 13.2 Å². The maximum absolute atomic E-state index is 11.7. The molecule has 1 aliphatic carbocycles. The van der Waals surface area contributed by atoms with Gasteiger partial charge in [0, 0.05) is 6.54 Å². The predicted molar refractivity (Wildman–Crippen MR) is 65.7 cm³/mol. The highest BCUT2D eigenvalue weighted by molar-refractivity contribution is 5.83. The second kappa shape index (κ2) is 6.23. The van der Waals surface area contributed by atoms with Crippen LogP contribution in [-0.2, 0) is 9.53 Å². The van der Waals surface area contributed by atoms with Crippen molar-refractivity contribution in [1.29, 1.82) is 0 Å². The van der Waals surface area contributed by atoms with E-state index in [1.54, 1.807) is 13.0 Å². The van der Waals surface area contributed by atoms with Crippen LogP contribution in [-0.4, -0.2) is 25.0 Å². The molecule has 1 N–H and O–H groups in total. The minimum Gasteiger partial charge on any atom is -0.448 e. The van der Waals surface area contributed by atoms with E-state index in [-0.39, 0.29) is 12.4 Å². The van der Waals surface area contributed by atoms with Crippen LogP contribution in [0.1, 0.15) is 26.2 Å². The molecule has 0 aromatic heterocycles. The van der Waals surface area contributed by atoms with Gasteiger partial charge in [-0.1, -0.05) is 18.2 Å². The Morgan fingerprint density at radius 3 is 2.82 bits per heavy atom. The number of ether oxygens (including phenoxy) is 1. The second-order valence-corrected chi connectivity index (χ2v) is 4.30. The molecule has 0 heterocycles. The second-order valence-electron chi connectivity index (χ2n) is 4.30. The molecule has 0 aromatic rings. The molecule has 1 aliphatic rings. The van der Waals surface area contributed by atoms with Gasteiger partial charge >= 0.3 is 6.09 Å². The summed E-state index contributed by atoms with van der Waals surface area (Å²) in [5, 5.41) is 2.52. The molecule has 94 valence electrons. The van der Waals surface area contributed by atoms with Crippen LogP contribution in [0.3, 0.4) is 0 Å². The molecule has 0 bridgehead atoms. The van der Waals surface area contributed by atoms with Gasteiger partial charge in [-0.05, 0) is 26.2 Å². The third-order valence-electron chi connectivity index (χ3n) is 3.08. The molecule has 1 amide bonds. The molecule has 1 unspecified atom stereocenters. The Labute approximate surface area is 102 Å². The van der Waals surface area contributed by atoms with Crippen molar-refractivity contribution >= 4 is 11.9 Å². The zero-order valence-corrected chi connectivity index (χ0v) is 10.2. The molecule has 1 atom stereocenters. The van der Waals surface area contributed by atoms with Gasteiger partial charge in [-0.25, -0.2) is 4.79 Å². The highest BCUT2D eigenvalue weighted by Gasteiger charge is 2.36. The first-order chi connectivity index (χ1) is 8.10. The number of Topliss-reactive ketones (excluding diaryl/α,β-unsaturated/α-hetero) is 1. The summed E-state index contributed by atoms with van der Waals surface area (Å²) in [6.07, 6.45) is 7.36. The molecule has 0 saturated carbocycles. The monoisotopic (exact) mass is 237 g/mol. The normalized spacial score (nSPS) is 22.9. The highest BCUT2D eigenvalue weighted by atomic mass is 16.5. The molecule has 0 fully saturated rings. The fourth-order valence-electron chi connectivity index (χ4n) is 1.85. The van der Waals surface area contributed by atoms with Crippen molar-refractivity contribution < 1.29 is 14.3 Å². The van der Waals surface area contributed by atoms with Gasteiger partial charge in [0.05, 0.1) is 5.41 Å². The van der Waals surface area contributed by atoms with Crippen LogP contribution in [0.5, 0.6) is 0 Å². The summed E-state index contributed by atoms with van der Waals surface area (Å²) in [7, 11) is 0. The molecule has 0 aliphatic heterocycles. The Hall–Kier alpha value is -1.58. The Bertz CT molecular complexity index is 336. The van der Waals surface area contributed by atoms with E-state index in [0.29, 0.717) is 13.0 Å². The molecule has 1 rings (SSSR count). The summed E-state index contributed by atoms with van der Waals surface area (Å²) in [5.74, 6) is 0.0818.